The second-order valence-electron chi connectivity index (χ2n) is 4.81. The van der Waals surface area contributed by atoms with Gasteiger partial charge in [-0.2, -0.15) is 0 Å². The molecule has 0 spiro atoms. The monoisotopic (exact) mass is 324 g/mol. The number of imidazole rings is 1. The second-order valence-corrected chi connectivity index (χ2v) is 5.61. The summed E-state index contributed by atoms with van der Waals surface area (Å²) in [5, 5.41) is 0.0385. The van der Waals surface area contributed by atoms with E-state index >= 15 is 0 Å². The van der Waals surface area contributed by atoms with Gasteiger partial charge in [-0.25, -0.2) is 8.78 Å². The van der Waals surface area contributed by atoms with Gasteiger partial charge in [0.15, 0.2) is 4.77 Å². The molecule has 0 fully saturated rings. The third-order valence-electron chi connectivity index (χ3n) is 3.50. The number of benzene rings is 2. The Morgan fingerprint density at radius 1 is 1.19 bits per heavy atom. The van der Waals surface area contributed by atoms with Crippen LogP contribution in [0.25, 0.3) is 11.0 Å². The molecule has 1 N–H and O–H groups in total. The van der Waals surface area contributed by atoms with Gasteiger partial charge in [-0.15, -0.1) is 0 Å². The van der Waals surface area contributed by atoms with Gasteiger partial charge in [0.2, 0.25) is 0 Å². The maximum Gasteiger partial charge on any atom is 0.178 e. The summed E-state index contributed by atoms with van der Waals surface area (Å²) in [6.07, 6.45) is 0. The van der Waals surface area contributed by atoms with Crippen LogP contribution in [0.5, 0.6) is 0 Å². The lowest BCUT2D eigenvalue weighted by Crippen LogP contribution is -2.06. The molecule has 21 heavy (non-hydrogen) atoms. The topological polar surface area (TPSA) is 20.7 Å². The quantitative estimate of drug-likeness (QED) is 0.639. The van der Waals surface area contributed by atoms with Crippen LogP contribution in [-0.2, 0) is 0 Å². The molecule has 2 aromatic carbocycles. The van der Waals surface area contributed by atoms with Crippen molar-refractivity contribution in [2.24, 2.45) is 0 Å². The molecular weight excluding hydrogens is 314 g/mol. The zero-order valence-corrected chi connectivity index (χ0v) is 12.6. The third-order valence-corrected chi connectivity index (χ3v) is 4.09. The summed E-state index contributed by atoms with van der Waals surface area (Å²) in [4.78, 5) is 2.96. The number of aromatic amines is 1. The SMILES string of the molecule is CC(c1ccc(F)cc1)n1c(=S)[nH]c2cc(F)c(Cl)cc21. The van der Waals surface area contributed by atoms with Crippen LogP contribution in [0.4, 0.5) is 8.78 Å². The van der Waals surface area contributed by atoms with Crippen molar-refractivity contribution in [3.05, 3.63) is 63.4 Å². The predicted octanol–water partition coefficient (Wildman–Crippen LogP) is 5.24. The van der Waals surface area contributed by atoms with E-state index in [-0.39, 0.29) is 16.9 Å². The minimum Gasteiger partial charge on any atom is -0.330 e. The number of aromatic nitrogens is 2. The maximum atomic E-state index is 13.5. The number of hydrogen-bond donors (Lipinski definition) is 1. The highest BCUT2D eigenvalue weighted by molar-refractivity contribution is 7.71. The molecule has 3 rings (SSSR count). The van der Waals surface area contributed by atoms with Gasteiger partial charge < -0.3 is 9.55 Å². The Morgan fingerprint density at radius 2 is 1.86 bits per heavy atom. The van der Waals surface area contributed by atoms with Crippen molar-refractivity contribution < 1.29 is 8.78 Å². The molecule has 108 valence electrons. The van der Waals surface area contributed by atoms with Crippen LogP contribution in [0.2, 0.25) is 5.02 Å². The Balaban J connectivity index is 2.19. The lowest BCUT2D eigenvalue weighted by Gasteiger charge is -2.15. The van der Waals surface area contributed by atoms with Crippen molar-refractivity contribution in [3.63, 3.8) is 0 Å². The maximum absolute atomic E-state index is 13.5. The van der Waals surface area contributed by atoms with Gasteiger partial charge in [0.25, 0.3) is 0 Å². The number of H-pyrrole nitrogens is 1. The van der Waals surface area contributed by atoms with Gasteiger partial charge in [-0.1, -0.05) is 23.7 Å². The zero-order valence-electron chi connectivity index (χ0n) is 11.0. The standard InChI is InChI=1S/C15H11ClF2N2S/c1-8(9-2-4-10(17)5-3-9)20-14-6-11(16)12(18)7-13(14)19-15(20)21/h2-8H,1H3,(H,19,21). The van der Waals surface area contributed by atoms with Gasteiger partial charge in [0, 0.05) is 6.07 Å². The van der Waals surface area contributed by atoms with E-state index in [2.05, 4.69) is 4.98 Å². The molecule has 0 amide bonds. The first-order chi connectivity index (χ1) is 9.97. The van der Waals surface area contributed by atoms with Crippen molar-refractivity contribution in [2.75, 3.05) is 0 Å². The fraction of sp³-hybridized carbons (Fsp3) is 0.133. The molecule has 0 bridgehead atoms. The minimum atomic E-state index is -0.498. The molecule has 1 aromatic heterocycles. The fourth-order valence-corrected chi connectivity index (χ4v) is 2.92. The van der Waals surface area contributed by atoms with Gasteiger partial charge in [0.05, 0.1) is 22.1 Å². The minimum absolute atomic E-state index is 0.0385. The van der Waals surface area contributed by atoms with Crippen LogP contribution in [0, 0.1) is 16.4 Å². The van der Waals surface area contributed by atoms with Crippen molar-refractivity contribution in [3.8, 4) is 0 Å². The number of halogens is 3. The first-order valence-corrected chi connectivity index (χ1v) is 7.10. The van der Waals surface area contributed by atoms with Crippen LogP contribution >= 0.6 is 23.8 Å². The molecule has 0 aliphatic rings. The first-order valence-electron chi connectivity index (χ1n) is 6.32. The predicted molar refractivity (Wildman–Crippen MR) is 82.3 cm³/mol. The summed E-state index contributed by atoms with van der Waals surface area (Å²) in [5.41, 5.74) is 2.19. The molecule has 0 saturated heterocycles. The van der Waals surface area contributed by atoms with E-state index in [1.165, 1.54) is 18.2 Å². The van der Waals surface area contributed by atoms with E-state index in [1.54, 1.807) is 18.2 Å². The smallest absolute Gasteiger partial charge is 0.178 e. The zero-order chi connectivity index (χ0) is 15.1. The molecule has 1 atom stereocenters. The van der Waals surface area contributed by atoms with E-state index < -0.39 is 5.82 Å². The molecule has 1 unspecified atom stereocenters. The summed E-state index contributed by atoms with van der Waals surface area (Å²) in [5.74, 6) is -0.791. The largest absolute Gasteiger partial charge is 0.330 e. The van der Waals surface area contributed by atoms with Gasteiger partial charge in [-0.3, -0.25) is 0 Å². The van der Waals surface area contributed by atoms with E-state index in [9.17, 15) is 8.78 Å². The highest BCUT2D eigenvalue weighted by Crippen LogP contribution is 2.28. The summed E-state index contributed by atoms with van der Waals surface area (Å²) in [6.45, 7) is 1.94. The van der Waals surface area contributed by atoms with Crippen molar-refractivity contribution in [1.29, 1.82) is 0 Å². The molecule has 0 aliphatic carbocycles. The average Bonchev–Trinajstić information content (AvgIpc) is 2.75. The number of nitrogens with zero attached hydrogens (tertiary/aromatic N) is 1. The van der Waals surface area contributed by atoms with Crippen molar-refractivity contribution in [2.45, 2.75) is 13.0 Å². The van der Waals surface area contributed by atoms with E-state index in [0.717, 1.165) is 5.56 Å². The molecule has 3 aromatic rings. The lowest BCUT2D eigenvalue weighted by atomic mass is 10.1. The lowest BCUT2D eigenvalue weighted by molar-refractivity contribution is 0.617. The van der Waals surface area contributed by atoms with Crippen molar-refractivity contribution >= 4 is 34.9 Å². The summed E-state index contributed by atoms with van der Waals surface area (Å²) < 4.78 is 28.8. The number of fused-ring (bicyclic) bond motifs is 1. The molecule has 0 aliphatic heterocycles. The molecule has 0 radical (unpaired) electrons. The normalized spacial score (nSPS) is 12.8. The fourth-order valence-electron chi connectivity index (χ4n) is 2.40. The Morgan fingerprint density at radius 3 is 2.52 bits per heavy atom. The van der Waals surface area contributed by atoms with Gasteiger partial charge in [-0.05, 0) is 42.9 Å². The first kappa shape index (κ1) is 14.2. The highest BCUT2D eigenvalue weighted by atomic mass is 35.5. The Bertz CT molecular complexity index is 868. The molecular formula is C15H11ClF2N2S. The average molecular weight is 325 g/mol. The number of hydrogen-bond acceptors (Lipinski definition) is 1. The Labute approximate surface area is 130 Å². The van der Waals surface area contributed by atoms with E-state index in [1.807, 2.05) is 11.5 Å². The number of rotatable bonds is 2. The highest BCUT2D eigenvalue weighted by Gasteiger charge is 2.15. The van der Waals surface area contributed by atoms with Crippen LogP contribution in [-0.4, -0.2) is 9.55 Å². The summed E-state index contributed by atoms with van der Waals surface area (Å²) >= 11 is 11.2. The Hall–Kier alpha value is -1.72. The van der Waals surface area contributed by atoms with E-state index in [4.69, 9.17) is 23.8 Å². The van der Waals surface area contributed by atoms with Crippen LogP contribution < -0.4 is 0 Å². The summed E-state index contributed by atoms with van der Waals surface area (Å²) in [7, 11) is 0. The van der Waals surface area contributed by atoms with Crippen LogP contribution in [0.15, 0.2) is 36.4 Å². The Kier molecular flexibility index (Phi) is 3.55. The molecule has 1 heterocycles. The molecule has 2 nitrogen and oxygen atoms in total. The summed E-state index contributed by atoms with van der Waals surface area (Å²) in [6, 6.07) is 8.93. The van der Waals surface area contributed by atoms with Crippen LogP contribution in [0.1, 0.15) is 18.5 Å². The van der Waals surface area contributed by atoms with Crippen LogP contribution in [0.3, 0.4) is 0 Å². The molecule has 0 saturated carbocycles. The molecule has 6 heteroatoms. The van der Waals surface area contributed by atoms with Gasteiger partial charge >= 0.3 is 0 Å². The van der Waals surface area contributed by atoms with Crippen molar-refractivity contribution in [1.82, 2.24) is 9.55 Å². The third kappa shape index (κ3) is 2.47. The number of nitrogens with one attached hydrogen (secondary N) is 1. The second kappa shape index (κ2) is 5.24. The van der Waals surface area contributed by atoms with Gasteiger partial charge in [0.1, 0.15) is 11.6 Å². The van der Waals surface area contributed by atoms with E-state index in [0.29, 0.717) is 15.8 Å².